The Morgan fingerprint density at radius 2 is 1.90 bits per heavy atom. The molecule has 2 aromatic rings. The van der Waals surface area contributed by atoms with Gasteiger partial charge in [0.2, 0.25) is 0 Å². The van der Waals surface area contributed by atoms with Crippen LogP contribution in [0.15, 0.2) is 46.1 Å². The van der Waals surface area contributed by atoms with Crippen LogP contribution in [0.1, 0.15) is 28.6 Å². The monoisotopic (exact) mass is 438 g/mol. The minimum atomic E-state index is -3.61. The van der Waals surface area contributed by atoms with Crippen molar-refractivity contribution in [2.75, 3.05) is 20.8 Å². The molecule has 0 saturated carbocycles. The zero-order valence-corrected chi connectivity index (χ0v) is 17.7. The molecule has 1 aromatic heterocycles. The van der Waals surface area contributed by atoms with Gasteiger partial charge in [-0.15, -0.1) is 0 Å². The smallest absolute Gasteiger partial charge is 0.338 e. The molecule has 11 heteroatoms. The molecule has 1 aliphatic heterocycles. The van der Waals surface area contributed by atoms with Gasteiger partial charge in [0.1, 0.15) is 18.9 Å². The lowest BCUT2D eigenvalue weighted by Crippen LogP contribution is -2.33. The van der Waals surface area contributed by atoms with E-state index in [4.69, 9.17) is 18.5 Å². The molecular weight excluding hydrogens is 415 g/mol. The zero-order valence-electron chi connectivity index (χ0n) is 16.8. The van der Waals surface area contributed by atoms with Crippen LogP contribution in [0.4, 0.5) is 0 Å². The summed E-state index contributed by atoms with van der Waals surface area (Å²) in [5, 5.41) is 0. The number of hydrogen-bond acceptors (Lipinski definition) is 8. The molecule has 0 aliphatic carbocycles. The van der Waals surface area contributed by atoms with Gasteiger partial charge in [-0.2, -0.15) is 0 Å². The van der Waals surface area contributed by atoms with Gasteiger partial charge in [0.25, 0.3) is 5.56 Å². The Bertz CT molecular complexity index is 1060. The van der Waals surface area contributed by atoms with Crippen LogP contribution in [0.3, 0.4) is 0 Å². The number of aromatic nitrogens is 2. The van der Waals surface area contributed by atoms with Gasteiger partial charge < -0.3 is 18.5 Å². The number of carbonyl (C=O) groups excluding carboxylic acids is 1. The van der Waals surface area contributed by atoms with Crippen molar-refractivity contribution in [3.8, 4) is 0 Å². The molecule has 0 amide bonds. The Labute approximate surface area is 172 Å². The van der Waals surface area contributed by atoms with Gasteiger partial charge in [0.15, 0.2) is 0 Å². The van der Waals surface area contributed by atoms with E-state index in [-0.39, 0.29) is 13.0 Å². The number of nitrogens with one attached hydrogen (secondary N) is 1. The highest BCUT2D eigenvalue weighted by Gasteiger charge is 2.49. The summed E-state index contributed by atoms with van der Waals surface area (Å²) in [5.74, 6) is -0.567. The molecule has 30 heavy (non-hydrogen) atoms. The number of esters is 1. The molecule has 162 valence electrons. The minimum absolute atomic E-state index is 0.0951. The third-order valence-corrected chi connectivity index (χ3v) is 7.34. The van der Waals surface area contributed by atoms with Crippen molar-refractivity contribution < 1.29 is 27.9 Å². The number of ether oxygens (including phenoxy) is 2. The average molecular weight is 438 g/mol. The second kappa shape index (κ2) is 9.09. The van der Waals surface area contributed by atoms with Crippen LogP contribution >= 0.6 is 7.60 Å². The molecule has 1 saturated heterocycles. The average Bonchev–Trinajstić information content (AvgIpc) is 3.19. The second-order valence-electron chi connectivity index (χ2n) is 6.78. The van der Waals surface area contributed by atoms with Gasteiger partial charge in [0, 0.05) is 32.4 Å². The number of hydrogen-bond donors (Lipinski definition) is 1. The Morgan fingerprint density at radius 3 is 2.53 bits per heavy atom. The maximum atomic E-state index is 13.1. The quantitative estimate of drug-likeness (QED) is 0.513. The second-order valence-corrected chi connectivity index (χ2v) is 9.25. The molecule has 0 spiro atoms. The Balaban J connectivity index is 1.85. The summed E-state index contributed by atoms with van der Waals surface area (Å²) in [5.41, 5.74) is -1.28. The highest BCUT2D eigenvalue weighted by molar-refractivity contribution is 7.54. The first kappa shape index (κ1) is 22.2. The van der Waals surface area contributed by atoms with Crippen LogP contribution in [-0.2, 0) is 23.1 Å². The van der Waals surface area contributed by atoms with Crippen molar-refractivity contribution >= 4 is 13.6 Å². The summed E-state index contributed by atoms with van der Waals surface area (Å²) in [6.45, 7) is 1.33. The summed E-state index contributed by atoms with van der Waals surface area (Å²) >= 11 is 0. The van der Waals surface area contributed by atoms with Crippen molar-refractivity contribution in [2.45, 2.75) is 31.3 Å². The van der Waals surface area contributed by atoms with Gasteiger partial charge in [-0.3, -0.25) is 18.9 Å². The van der Waals surface area contributed by atoms with Gasteiger partial charge in [-0.25, -0.2) is 9.59 Å². The van der Waals surface area contributed by atoms with E-state index in [1.54, 1.807) is 37.3 Å². The summed E-state index contributed by atoms with van der Waals surface area (Å²) in [6, 6.07) is 8.40. The number of nitrogens with zero attached hydrogens (tertiary/aromatic N) is 1. The predicted octanol–water partition coefficient (Wildman–Crippen LogP) is 1.84. The van der Waals surface area contributed by atoms with Crippen LogP contribution < -0.4 is 11.2 Å². The molecule has 3 rings (SSSR count). The van der Waals surface area contributed by atoms with Crippen LogP contribution in [0.5, 0.6) is 0 Å². The highest BCUT2D eigenvalue weighted by Crippen LogP contribution is 2.58. The normalized spacial score (nSPS) is 21.5. The molecule has 1 N–H and O–H groups in total. The van der Waals surface area contributed by atoms with E-state index in [9.17, 15) is 18.9 Å². The third-order valence-electron chi connectivity index (χ3n) is 4.96. The Hall–Kier alpha value is -2.52. The van der Waals surface area contributed by atoms with E-state index in [2.05, 4.69) is 4.98 Å². The van der Waals surface area contributed by atoms with Gasteiger partial charge >= 0.3 is 19.3 Å². The highest BCUT2D eigenvalue weighted by atomic mass is 31.2. The lowest BCUT2D eigenvalue weighted by molar-refractivity contribution is -0.0345. The largest absolute Gasteiger partial charge is 0.459 e. The molecule has 0 unspecified atom stereocenters. The van der Waals surface area contributed by atoms with Crippen molar-refractivity contribution in [1.82, 2.24) is 9.55 Å². The lowest BCUT2D eigenvalue weighted by Gasteiger charge is -2.24. The van der Waals surface area contributed by atoms with Crippen LogP contribution in [0, 0.1) is 6.92 Å². The van der Waals surface area contributed by atoms with Crippen molar-refractivity contribution in [2.24, 2.45) is 0 Å². The van der Waals surface area contributed by atoms with E-state index in [0.717, 1.165) is 0 Å². The van der Waals surface area contributed by atoms with E-state index in [0.29, 0.717) is 11.1 Å². The topological polar surface area (TPSA) is 126 Å². The first-order valence-corrected chi connectivity index (χ1v) is 10.8. The molecule has 0 radical (unpaired) electrons. The number of H-pyrrole nitrogens is 1. The maximum absolute atomic E-state index is 13.1. The molecule has 10 nitrogen and oxygen atoms in total. The fraction of sp³-hybridized carbons (Fsp3) is 0.421. The Kier molecular flexibility index (Phi) is 6.72. The first-order chi connectivity index (χ1) is 14.3. The fourth-order valence-electron chi connectivity index (χ4n) is 3.33. The van der Waals surface area contributed by atoms with Crippen molar-refractivity contribution in [3.05, 3.63) is 68.5 Å². The van der Waals surface area contributed by atoms with Gasteiger partial charge in [0.05, 0.1) is 11.2 Å². The van der Waals surface area contributed by atoms with E-state index >= 15 is 0 Å². The van der Waals surface area contributed by atoms with Gasteiger partial charge in [-0.1, -0.05) is 18.2 Å². The van der Waals surface area contributed by atoms with Crippen molar-refractivity contribution in [1.29, 1.82) is 0 Å². The SMILES string of the molecule is COP(=O)(OC)[C@H]1C[C@@H](n2cc(C)c(=O)[nH]c2=O)O[C@@H]1COC(=O)c1ccccc1. The van der Waals surface area contributed by atoms with Crippen LogP contribution in [0.25, 0.3) is 0 Å². The fourth-order valence-corrected chi connectivity index (χ4v) is 5.02. The van der Waals surface area contributed by atoms with Crippen LogP contribution in [0.2, 0.25) is 0 Å². The molecule has 2 heterocycles. The predicted molar refractivity (Wildman–Crippen MR) is 107 cm³/mol. The van der Waals surface area contributed by atoms with Crippen LogP contribution in [-0.4, -0.2) is 48.1 Å². The maximum Gasteiger partial charge on any atom is 0.338 e. The molecule has 1 fully saturated rings. The lowest BCUT2D eigenvalue weighted by atomic mass is 10.2. The summed E-state index contributed by atoms with van der Waals surface area (Å²) < 4.78 is 35.7. The van der Waals surface area contributed by atoms with E-state index in [1.165, 1.54) is 25.0 Å². The molecule has 3 atom stereocenters. The molecule has 1 aliphatic rings. The Morgan fingerprint density at radius 1 is 1.23 bits per heavy atom. The minimum Gasteiger partial charge on any atom is -0.459 e. The number of aryl methyl sites for hydroxylation is 1. The zero-order chi connectivity index (χ0) is 21.9. The number of rotatable bonds is 7. The summed E-state index contributed by atoms with van der Waals surface area (Å²) in [6.07, 6.45) is -0.242. The third kappa shape index (κ3) is 4.46. The van der Waals surface area contributed by atoms with E-state index < -0.39 is 42.8 Å². The van der Waals surface area contributed by atoms with Crippen molar-refractivity contribution in [3.63, 3.8) is 0 Å². The molecule has 1 aromatic carbocycles. The molecule has 0 bridgehead atoms. The standard InChI is InChI=1S/C19H23N2O8P/c1-12-10-21(19(24)20-17(12)22)16-9-15(30(25,26-2)27-3)14(29-16)11-28-18(23)13-7-5-4-6-8-13/h4-8,10,14-16H,9,11H2,1-3H3,(H,20,22,24)/t14-,15+,16+/m1/s1. The number of carbonyl (C=O) groups is 1. The number of benzene rings is 1. The summed E-state index contributed by atoms with van der Waals surface area (Å²) in [4.78, 5) is 38.4. The first-order valence-electron chi connectivity index (χ1n) is 9.20. The molecular formula is C19H23N2O8P. The van der Waals surface area contributed by atoms with E-state index in [1.807, 2.05) is 0 Å². The summed E-state index contributed by atoms with van der Waals surface area (Å²) in [7, 11) is -1.11. The van der Waals surface area contributed by atoms with Gasteiger partial charge in [-0.05, 0) is 19.1 Å². The number of aromatic amines is 1.